The molecule has 0 aromatic heterocycles. The van der Waals surface area contributed by atoms with Crippen LogP contribution >= 0.6 is 0 Å². The van der Waals surface area contributed by atoms with Gasteiger partial charge in [-0.2, -0.15) is 0 Å². The second-order valence-electron chi connectivity index (χ2n) is 5.91. The van der Waals surface area contributed by atoms with Crippen LogP contribution in [0.15, 0.2) is 11.6 Å². The minimum atomic E-state index is 0.0173. The molecule has 21 heavy (non-hydrogen) atoms. The molecule has 5 heteroatoms. The van der Waals surface area contributed by atoms with Gasteiger partial charge in [0.05, 0.1) is 0 Å². The summed E-state index contributed by atoms with van der Waals surface area (Å²) in [4.78, 5) is 25.7. The Hall–Kier alpha value is -1.36. The van der Waals surface area contributed by atoms with Gasteiger partial charge in [-0.25, -0.2) is 0 Å². The van der Waals surface area contributed by atoms with Gasteiger partial charge in [0.1, 0.15) is 6.61 Å². The standard InChI is InChI=1S/C16H26N2O3/c1-21-12-15(19)18-9-7-14(8-10-18)16(20)17-11-13-5-3-2-4-6-13/h5,14H,2-4,6-12H2,1H3,(H,17,20). The van der Waals surface area contributed by atoms with E-state index in [1.54, 1.807) is 4.90 Å². The molecule has 1 saturated heterocycles. The van der Waals surface area contributed by atoms with Crippen molar-refractivity contribution in [2.45, 2.75) is 38.5 Å². The molecule has 2 aliphatic rings. The van der Waals surface area contributed by atoms with Crippen molar-refractivity contribution in [3.63, 3.8) is 0 Å². The number of methoxy groups -OCH3 is 1. The highest BCUT2D eigenvalue weighted by Crippen LogP contribution is 2.19. The Balaban J connectivity index is 1.70. The quantitative estimate of drug-likeness (QED) is 0.782. The average Bonchev–Trinajstić information content (AvgIpc) is 2.54. The Bertz CT molecular complexity index is 398. The normalized spacial score (nSPS) is 20.0. The van der Waals surface area contributed by atoms with Gasteiger partial charge in [0.15, 0.2) is 0 Å². The summed E-state index contributed by atoms with van der Waals surface area (Å²) in [6, 6.07) is 0. The fraction of sp³-hybridized carbons (Fsp3) is 0.750. The van der Waals surface area contributed by atoms with E-state index in [0.29, 0.717) is 19.6 Å². The second-order valence-corrected chi connectivity index (χ2v) is 5.91. The number of ether oxygens (including phenoxy) is 1. The molecule has 0 atom stereocenters. The Morgan fingerprint density at radius 1 is 1.33 bits per heavy atom. The molecule has 118 valence electrons. The minimum Gasteiger partial charge on any atom is -0.375 e. The highest BCUT2D eigenvalue weighted by molar-refractivity contribution is 5.80. The lowest BCUT2D eigenvalue weighted by Crippen LogP contribution is -2.44. The molecule has 1 aliphatic carbocycles. The van der Waals surface area contributed by atoms with Gasteiger partial charge in [0, 0.05) is 32.7 Å². The van der Waals surface area contributed by atoms with E-state index in [1.807, 2.05) is 0 Å². The van der Waals surface area contributed by atoms with Crippen molar-refractivity contribution < 1.29 is 14.3 Å². The first-order valence-corrected chi connectivity index (χ1v) is 7.93. The lowest BCUT2D eigenvalue weighted by atomic mass is 9.95. The molecule has 0 aromatic carbocycles. The van der Waals surface area contributed by atoms with Crippen molar-refractivity contribution >= 4 is 11.8 Å². The minimum absolute atomic E-state index is 0.0173. The summed E-state index contributed by atoms with van der Waals surface area (Å²) in [6.45, 7) is 2.14. The molecule has 2 amide bonds. The van der Waals surface area contributed by atoms with Crippen molar-refractivity contribution in [3.8, 4) is 0 Å². The molecule has 1 aliphatic heterocycles. The van der Waals surface area contributed by atoms with Gasteiger partial charge in [0.2, 0.25) is 11.8 Å². The third-order valence-corrected chi connectivity index (χ3v) is 4.36. The Morgan fingerprint density at radius 2 is 2.10 bits per heavy atom. The summed E-state index contributed by atoms with van der Waals surface area (Å²) < 4.78 is 4.86. The molecule has 1 fully saturated rings. The van der Waals surface area contributed by atoms with E-state index in [2.05, 4.69) is 11.4 Å². The zero-order valence-electron chi connectivity index (χ0n) is 12.9. The molecule has 0 aromatic rings. The Morgan fingerprint density at radius 3 is 2.71 bits per heavy atom. The average molecular weight is 294 g/mol. The third kappa shape index (κ3) is 4.84. The highest BCUT2D eigenvalue weighted by atomic mass is 16.5. The molecule has 5 nitrogen and oxygen atoms in total. The molecule has 0 unspecified atom stereocenters. The van der Waals surface area contributed by atoms with Crippen LogP contribution in [0.5, 0.6) is 0 Å². The van der Waals surface area contributed by atoms with Gasteiger partial charge in [-0.15, -0.1) is 0 Å². The molecular formula is C16H26N2O3. The molecule has 2 rings (SSSR count). The number of amides is 2. The molecule has 1 heterocycles. The first kappa shape index (κ1) is 16.0. The number of nitrogens with zero attached hydrogens (tertiary/aromatic N) is 1. The summed E-state index contributed by atoms with van der Waals surface area (Å²) in [5.74, 6) is 0.199. The molecule has 0 spiro atoms. The van der Waals surface area contributed by atoms with E-state index in [9.17, 15) is 9.59 Å². The van der Waals surface area contributed by atoms with Gasteiger partial charge >= 0.3 is 0 Å². The van der Waals surface area contributed by atoms with Crippen molar-refractivity contribution in [2.24, 2.45) is 5.92 Å². The van der Waals surface area contributed by atoms with E-state index < -0.39 is 0 Å². The van der Waals surface area contributed by atoms with Gasteiger partial charge in [-0.05, 0) is 38.5 Å². The number of piperidine rings is 1. The van der Waals surface area contributed by atoms with Crippen molar-refractivity contribution in [1.29, 1.82) is 0 Å². The van der Waals surface area contributed by atoms with Crippen LogP contribution < -0.4 is 5.32 Å². The van der Waals surface area contributed by atoms with E-state index in [1.165, 1.54) is 25.5 Å². The number of nitrogens with one attached hydrogen (secondary N) is 1. The van der Waals surface area contributed by atoms with Crippen LogP contribution in [0.2, 0.25) is 0 Å². The van der Waals surface area contributed by atoms with Crippen molar-refractivity contribution in [1.82, 2.24) is 10.2 Å². The van der Waals surface area contributed by atoms with Crippen molar-refractivity contribution in [3.05, 3.63) is 11.6 Å². The van der Waals surface area contributed by atoms with Crippen LogP contribution in [0.1, 0.15) is 38.5 Å². The SMILES string of the molecule is COCC(=O)N1CCC(C(=O)NCC2=CCCCC2)CC1. The maximum Gasteiger partial charge on any atom is 0.248 e. The number of allylic oxidation sites excluding steroid dienone is 1. The first-order valence-electron chi connectivity index (χ1n) is 7.93. The van der Waals surface area contributed by atoms with Crippen LogP contribution in [-0.2, 0) is 14.3 Å². The summed E-state index contributed by atoms with van der Waals surface area (Å²) in [5.41, 5.74) is 1.36. The number of rotatable bonds is 5. The number of likely N-dealkylation sites (tertiary alicyclic amines) is 1. The fourth-order valence-corrected chi connectivity index (χ4v) is 3.02. The maximum absolute atomic E-state index is 12.2. The maximum atomic E-state index is 12.2. The van der Waals surface area contributed by atoms with Crippen LogP contribution in [0.25, 0.3) is 0 Å². The topological polar surface area (TPSA) is 58.6 Å². The summed E-state index contributed by atoms with van der Waals surface area (Å²) in [6.07, 6.45) is 8.53. The lowest BCUT2D eigenvalue weighted by Gasteiger charge is -2.31. The van der Waals surface area contributed by atoms with E-state index in [-0.39, 0.29) is 24.3 Å². The van der Waals surface area contributed by atoms with E-state index >= 15 is 0 Å². The van der Waals surface area contributed by atoms with E-state index in [0.717, 1.165) is 25.7 Å². The fourth-order valence-electron chi connectivity index (χ4n) is 3.02. The predicted molar refractivity (Wildman–Crippen MR) is 80.7 cm³/mol. The lowest BCUT2D eigenvalue weighted by molar-refractivity contribution is -0.138. The van der Waals surface area contributed by atoms with Gasteiger partial charge in [-0.1, -0.05) is 11.6 Å². The number of hydrogen-bond donors (Lipinski definition) is 1. The zero-order valence-corrected chi connectivity index (χ0v) is 12.9. The van der Waals surface area contributed by atoms with Gasteiger partial charge in [0.25, 0.3) is 0 Å². The zero-order chi connectivity index (χ0) is 15.1. The first-order chi connectivity index (χ1) is 10.2. The molecule has 0 bridgehead atoms. The number of carbonyl (C=O) groups is 2. The monoisotopic (exact) mass is 294 g/mol. The smallest absolute Gasteiger partial charge is 0.248 e. The van der Waals surface area contributed by atoms with Crippen LogP contribution in [0.3, 0.4) is 0 Å². The molecule has 1 N–H and O–H groups in total. The number of hydrogen-bond acceptors (Lipinski definition) is 3. The number of carbonyl (C=O) groups excluding carboxylic acids is 2. The second kappa shape index (κ2) is 8.17. The molecule has 0 radical (unpaired) electrons. The largest absolute Gasteiger partial charge is 0.375 e. The van der Waals surface area contributed by atoms with Crippen LogP contribution in [-0.4, -0.2) is 50.1 Å². The summed E-state index contributed by atoms with van der Waals surface area (Å²) in [7, 11) is 1.53. The highest BCUT2D eigenvalue weighted by Gasteiger charge is 2.27. The van der Waals surface area contributed by atoms with Crippen LogP contribution in [0.4, 0.5) is 0 Å². The summed E-state index contributed by atoms with van der Waals surface area (Å²) >= 11 is 0. The third-order valence-electron chi connectivity index (χ3n) is 4.36. The van der Waals surface area contributed by atoms with Gasteiger partial charge in [-0.3, -0.25) is 9.59 Å². The predicted octanol–water partition coefficient (Wildman–Crippen LogP) is 1.49. The van der Waals surface area contributed by atoms with Crippen LogP contribution in [0, 0.1) is 5.92 Å². The Kier molecular flexibility index (Phi) is 6.23. The molecule has 0 saturated carbocycles. The molecular weight excluding hydrogens is 268 g/mol. The van der Waals surface area contributed by atoms with Crippen molar-refractivity contribution in [2.75, 3.05) is 33.4 Å². The van der Waals surface area contributed by atoms with Gasteiger partial charge < -0.3 is 15.0 Å². The summed E-state index contributed by atoms with van der Waals surface area (Å²) in [5, 5.41) is 3.06. The van der Waals surface area contributed by atoms with E-state index in [4.69, 9.17) is 4.74 Å². The Labute approximate surface area is 126 Å².